The van der Waals surface area contributed by atoms with Crippen LogP contribution in [-0.2, 0) is 19.0 Å². The van der Waals surface area contributed by atoms with E-state index >= 15 is 0 Å². The first-order chi connectivity index (χ1) is 11.4. The van der Waals surface area contributed by atoms with E-state index in [0.29, 0.717) is 5.56 Å². The molecule has 1 aromatic rings. The molecule has 0 aliphatic rings. The summed E-state index contributed by atoms with van der Waals surface area (Å²) in [6, 6.07) is 4.34. The molecule has 0 fully saturated rings. The molecule has 130 valence electrons. The van der Waals surface area contributed by atoms with E-state index in [2.05, 4.69) is 9.47 Å². The Morgan fingerprint density at radius 3 is 2.08 bits per heavy atom. The van der Waals surface area contributed by atoms with Crippen LogP contribution in [-0.4, -0.2) is 32.5 Å². The highest BCUT2D eigenvalue weighted by molar-refractivity contribution is 5.73. The summed E-state index contributed by atoms with van der Waals surface area (Å²) in [4.78, 5) is 33.8. The van der Waals surface area contributed by atoms with Crippen molar-refractivity contribution >= 4 is 24.4 Å². The summed E-state index contributed by atoms with van der Waals surface area (Å²) in [6.07, 6.45) is 0.725. The van der Waals surface area contributed by atoms with E-state index in [-0.39, 0.29) is 23.4 Å². The summed E-state index contributed by atoms with van der Waals surface area (Å²) in [7, 11) is 2.28. The van der Waals surface area contributed by atoms with Crippen LogP contribution < -0.4 is 9.47 Å². The predicted molar refractivity (Wildman–Crippen MR) is 82.5 cm³/mol. The molecule has 0 N–H and O–H groups in total. The van der Waals surface area contributed by atoms with Crippen molar-refractivity contribution in [3.8, 4) is 11.5 Å². The van der Waals surface area contributed by atoms with Gasteiger partial charge >= 0.3 is 18.3 Å². The van der Waals surface area contributed by atoms with Crippen LogP contribution >= 0.6 is 0 Å². The molecule has 0 heterocycles. The minimum Gasteiger partial charge on any atom is -0.437 e. The fourth-order valence-electron chi connectivity index (χ4n) is 1.37. The van der Waals surface area contributed by atoms with Crippen LogP contribution in [0.5, 0.6) is 11.5 Å². The zero-order valence-corrected chi connectivity index (χ0v) is 13.7. The van der Waals surface area contributed by atoms with Crippen molar-refractivity contribution in [2.24, 2.45) is 5.92 Å². The molecule has 0 radical (unpaired) electrons. The van der Waals surface area contributed by atoms with Gasteiger partial charge in [0, 0.05) is 0 Å². The van der Waals surface area contributed by atoms with Gasteiger partial charge in [-0.25, -0.2) is 9.59 Å². The lowest BCUT2D eigenvalue weighted by atomic mass is 10.2. The van der Waals surface area contributed by atoms with Crippen molar-refractivity contribution in [2.75, 3.05) is 14.2 Å². The summed E-state index contributed by atoms with van der Waals surface area (Å²) >= 11 is 0. The summed E-state index contributed by atoms with van der Waals surface area (Å²) in [5.74, 6) is -0.750. The highest BCUT2D eigenvalue weighted by atomic mass is 16.7. The van der Waals surface area contributed by atoms with Crippen molar-refractivity contribution < 1.29 is 38.1 Å². The quantitative estimate of drug-likeness (QED) is 0.349. The summed E-state index contributed by atoms with van der Waals surface area (Å²) in [5, 5.41) is 0. The second kappa shape index (κ2) is 9.19. The maximum absolute atomic E-state index is 11.4. The zero-order valence-electron chi connectivity index (χ0n) is 13.7. The molecule has 0 bridgehead atoms. The Morgan fingerprint density at radius 1 is 0.958 bits per heavy atom. The molecule has 8 nitrogen and oxygen atoms in total. The van der Waals surface area contributed by atoms with Gasteiger partial charge in [0.2, 0.25) is 0 Å². The van der Waals surface area contributed by atoms with Crippen molar-refractivity contribution in [3.05, 3.63) is 30.0 Å². The van der Waals surface area contributed by atoms with Crippen LogP contribution in [0.3, 0.4) is 0 Å². The predicted octanol–water partition coefficient (Wildman–Crippen LogP) is 3.15. The maximum Gasteiger partial charge on any atom is 0.513 e. The van der Waals surface area contributed by atoms with Gasteiger partial charge in [0.25, 0.3) is 0 Å². The van der Waals surface area contributed by atoms with Crippen molar-refractivity contribution in [3.63, 3.8) is 0 Å². The van der Waals surface area contributed by atoms with Gasteiger partial charge in [-0.15, -0.1) is 0 Å². The topological polar surface area (TPSA) is 97.4 Å². The van der Waals surface area contributed by atoms with Gasteiger partial charge in [-0.2, -0.15) is 0 Å². The Kier molecular flexibility index (Phi) is 7.28. The van der Waals surface area contributed by atoms with Crippen LogP contribution in [0, 0.1) is 5.92 Å². The molecule has 0 amide bonds. The first-order valence-corrected chi connectivity index (χ1v) is 6.90. The summed E-state index contributed by atoms with van der Waals surface area (Å²) < 4.78 is 23.5. The van der Waals surface area contributed by atoms with E-state index in [0.717, 1.165) is 14.2 Å². The molecule has 0 aliphatic carbocycles. The average Bonchev–Trinajstić information content (AvgIpc) is 2.56. The number of rotatable bonds is 5. The number of methoxy groups -OCH3 is 2. The third-order valence-electron chi connectivity index (χ3n) is 2.60. The van der Waals surface area contributed by atoms with Crippen LogP contribution in [0.25, 0.3) is 6.08 Å². The van der Waals surface area contributed by atoms with E-state index < -0.39 is 12.3 Å². The number of ether oxygens (including phenoxy) is 5. The van der Waals surface area contributed by atoms with Gasteiger partial charge in [0.15, 0.2) is 11.5 Å². The normalized spacial score (nSPS) is 10.4. The molecule has 24 heavy (non-hydrogen) atoms. The third kappa shape index (κ3) is 5.99. The molecule has 0 aromatic heterocycles. The lowest BCUT2D eigenvalue weighted by Crippen LogP contribution is -2.12. The smallest absolute Gasteiger partial charge is 0.437 e. The number of benzene rings is 1. The molecular formula is C16H18O8. The van der Waals surface area contributed by atoms with Gasteiger partial charge in [-0.1, -0.05) is 19.9 Å². The second-order valence-electron chi connectivity index (χ2n) is 4.71. The standard InChI is InChI=1S/C16H18O8/c1-10(2)14(17)22-8-7-11-5-6-12(23-15(18)20-3)13(9-11)24-16(19)21-4/h5-10H,1-4H3. The Morgan fingerprint density at radius 2 is 1.54 bits per heavy atom. The van der Waals surface area contributed by atoms with Crippen LogP contribution in [0.2, 0.25) is 0 Å². The lowest BCUT2D eigenvalue weighted by molar-refractivity contribution is -0.141. The fourth-order valence-corrected chi connectivity index (χ4v) is 1.37. The van der Waals surface area contributed by atoms with E-state index in [1.165, 1.54) is 24.5 Å². The largest absolute Gasteiger partial charge is 0.513 e. The maximum atomic E-state index is 11.4. The highest BCUT2D eigenvalue weighted by Crippen LogP contribution is 2.29. The van der Waals surface area contributed by atoms with Crippen molar-refractivity contribution in [1.82, 2.24) is 0 Å². The molecule has 1 aromatic carbocycles. The second-order valence-corrected chi connectivity index (χ2v) is 4.71. The first kappa shape index (κ1) is 19.0. The van der Waals surface area contributed by atoms with Crippen LogP contribution in [0.1, 0.15) is 19.4 Å². The molecule has 1 rings (SSSR count). The SMILES string of the molecule is COC(=O)Oc1ccc(C=COC(=O)C(C)C)cc1OC(=O)OC. The molecule has 0 saturated heterocycles. The van der Waals surface area contributed by atoms with Crippen molar-refractivity contribution in [2.45, 2.75) is 13.8 Å². The van der Waals surface area contributed by atoms with E-state index in [1.807, 2.05) is 0 Å². The number of hydrogen-bond acceptors (Lipinski definition) is 8. The van der Waals surface area contributed by atoms with Crippen molar-refractivity contribution in [1.29, 1.82) is 0 Å². The molecule has 0 spiro atoms. The number of esters is 1. The van der Waals surface area contributed by atoms with Gasteiger partial charge in [-0.3, -0.25) is 4.79 Å². The van der Waals surface area contributed by atoms with Gasteiger partial charge in [-0.05, 0) is 23.8 Å². The van der Waals surface area contributed by atoms with E-state index in [4.69, 9.17) is 14.2 Å². The lowest BCUT2D eigenvalue weighted by Gasteiger charge is -2.09. The Labute approximate surface area is 138 Å². The van der Waals surface area contributed by atoms with Gasteiger partial charge in [0.1, 0.15) is 0 Å². The number of carbonyl (C=O) groups is 3. The Balaban J connectivity index is 2.97. The number of carbonyl (C=O) groups excluding carboxylic acids is 3. The van der Waals surface area contributed by atoms with Crippen LogP contribution in [0.15, 0.2) is 24.5 Å². The summed E-state index contributed by atoms with van der Waals surface area (Å²) in [6.45, 7) is 3.41. The Hall–Kier alpha value is -3.03. The molecular weight excluding hydrogens is 320 g/mol. The highest BCUT2D eigenvalue weighted by Gasteiger charge is 2.15. The molecule has 0 atom stereocenters. The average molecular weight is 338 g/mol. The zero-order chi connectivity index (χ0) is 18.1. The first-order valence-electron chi connectivity index (χ1n) is 6.90. The van der Waals surface area contributed by atoms with Crippen LogP contribution in [0.4, 0.5) is 9.59 Å². The molecule has 0 unspecified atom stereocenters. The van der Waals surface area contributed by atoms with E-state index in [9.17, 15) is 14.4 Å². The van der Waals surface area contributed by atoms with E-state index in [1.54, 1.807) is 19.9 Å². The monoisotopic (exact) mass is 338 g/mol. The molecule has 8 heteroatoms. The number of hydrogen-bond donors (Lipinski definition) is 0. The Bertz CT molecular complexity index is 633. The minimum absolute atomic E-state index is 0.0384. The minimum atomic E-state index is -0.989. The molecule has 0 aliphatic heterocycles. The summed E-state index contributed by atoms with van der Waals surface area (Å²) in [5.41, 5.74) is 0.530. The van der Waals surface area contributed by atoms with Gasteiger partial charge < -0.3 is 23.7 Å². The fraction of sp³-hybridized carbons (Fsp3) is 0.312. The van der Waals surface area contributed by atoms with Gasteiger partial charge in [0.05, 0.1) is 26.4 Å². The molecule has 0 saturated carbocycles. The third-order valence-corrected chi connectivity index (χ3v) is 2.60.